The number of rotatable bonds is 5. The molecule has 1 atom stereocenters. The molecule has 0 aliphatic carbocycles. The van der Waals surface area contributed by atoms with Crippen LogP contribution in [0.4, 0.5) is 4.79 Å². The number of ether oxygens (including phenoxy) is 3. The fraction of sp³-hybridized carbons (Fsp3) is 0.429. The first-order valence-corrected chi connectivity index (χ1v) is 6.40. The number of nitrogens with one attached hydrogen (secondary N) is 1. The third-order valence-electron chi connectivity index (χ3n) is 3.15. The van der Waals surface area contributed by atoms with Gasteiger partial charge in [0, 0.05) is 0 Å². The molecule has 21 heavy (non-hydrogen) atoms. The number of benzene rings is 1. The van der Waals surface area contributed by atoms with Crippen molar-refractivity contribution in [2.45, 2.75) is 18.2 Å². The molecule has 0 radical (unpaired) electrons. The maximum absolute atomic E-state index is 11.7. The van der Waals surface area contributed by atoms with Gasteiger partial charge in [0.2, 0.25) is 0 Å². The summed E-state index contributed by atoms with van der Waals surface area (Å²) >= 11 is 0. The van der Waals surface area contributed by atoms with E-state index in [1.54, 1.807) is 12.1 Å². The molecule has 7 nitrogen and oxygen atoms in total. The molecule has 1 heterocycles. The number of hydrogen-bond acceptors (Lipinski definition) is 6. The third-order valence-corrected chi connectivity index (χ3v) is 3.15. The predicted molar refractivity (Wildman–Crippen MR) is 71.3 cm³/mol. The summed E-state index contributed by atoms with van der Waals surface area (Å²) in [6.45, 7) is -0.0348. The lowest BCUT2D eigenvalue weighted by molar-refractivity contribution is -0.202. The molecule has 1 unspecified atom stereocenters. The van der Waals surface area contributed by atoms with E-state index >= 15 is 0 Å². The summed E-state index contributed by atoms with van der Waals surface area (Å²) in [5.41, 5.74) is -0.647. The smallest absolute Gasteiger partial charge is 0.408 e. The highest BCUT2D eigenvalue weighted by Crippen LogP contribution is 2.22. The van der Waals surface area contributed by atoms with Crippen molar-refractivity contribution in [3.63, 3.8) is 0 Å². The molecule has 1 fully saturated rings. The van der Waals surface area contributed by atoms with Crippen molar-refractivity contribution in [1.82, 2.24) is 5.32 Å². The molecule has 114 valence electrons. The molecular formula is C14H17NO6. The Kier molecular flexibility index (Phi) is 4.77. The van der Waals surface area contributed by atoms with E-state index in [0.717, 1.165) is 5.56 Å². The van der Waals surface area contributed by atoms with E-state index in [2.05, 4.69) is 10.1 Å². The van der Waals surface area contributed by atoms with E-state index in [-0.39, 0.29) is 19.8 Å². The van der Waals surface area contributed by atoms with E-state index in [1.807, 2.05) is 18.2 Å². The Balaban J connectivity index is 1.90. The highest BCUT2D eigenvalue weighted by molar-refractivity contribution is 5.82. The Morgan fingerprint density at radius 3 is 2.57 bits per heavy atom. The van der Waals surface area contributed by atoms with E-state index in [0.29, 0.717) is 0 Å². The van der Waals surface area contributed by atoms with E-state index in [4.69, 9.17) is 9.47 Å². The molecule has 0 spiro atoms. The quantitative estimate of drug-likeness (QED) is 0.755. The minimum atomic E-state index is -1.46. The molecular weight excluding hydrogens is 278 g/mol. The fourth-order valence-corrected chi connectivity index (χ4v) is 1.89. The van der Waals surface area contributed by atoms with Gasteiger partial charge in [-0.2, -0.15) is 0 Å². The lowest BCUT2D eigenvalue weighted by Crippen LogP contribution is -2.66. The number of carbonyl (C=O) groups excluding carboxylic acids is 2. The molecule has 1 saturated heterocycles. The van der Waals surface area contributed by atoms with Crippen molar-refractivity contribution in [2.75, 3.05) is 20.3 Å². The van der Waals surface area contributed by atoms with Crippen LogP contribution in [-0.2, 0) is 25.6 Å². The highest BCUT2D eigenvalue weighted by atomic mass is 16.6. The van der Waals surface area contributed by atoms with Crippen LogP contribution >= 0.6 is 0 Å². The SMILES string of the molecule is COC(=O)C(NC(=O)OCc1ccccc1)C1(O)COC1. The van der Waals surface area contributed by atoms with Crippen LogP contribution in [0.3, 0.4) is 0 Å². The van der Waals surface area contributed by atoms with Crippen LogP contribution in [0.1, 0.15) is 5.56 Å². The van der Waals surface area contributed by atoms with Crippen molar-refractivity contribution >= 4 is 12.1 Å². The minimum absolute atomic E-state index is 0.0499. The summed E-state index contributed by atoms with van der Waals surface area (Å²) in [5, 5.41) is 12.4. The summed E-state index contributed by atoms with van der Waals surface area (Å²) < 4.78 is 14.5. The van der Waals surface area contributed by atoms with Gasteiger partial charge in [-0.1, -0.05) is 30.3 Å². The number of methoxy groups -OCH3 is 1. The standard InChI is InChI=1S/C14H17NO6/c1-19-12(16)11(14(18)8-20-9-14)15-13(17)21-7-10-5-3-2-4-6-10/h2-6,11,18H,7-9H2,1H3,(H,15,17). The van der Waals surface area contributed by atoms with Crippen molar-refractivity contribution < 1.29 is 28.9 Å². The third kappa shape index (κ3) is 3.71. The van der Waals surface area contributed by atoms with Crippen molar-refractivity contribution in [1.29, 1.82) is 0 Å². The highest BCUT2D eigenvalue weighted by Gasteiger charge is 2.49. The summed E-state index contributed by atoms with van der Waals surface area (Å²) in [7, 11) is 1.18. The zero-order chi connectivity index (χ0) is 15.3. The number of carbonyl (C=O) groups is 2. The largest absolute Gasteiger partial charge is 0.467 e. The van der Waals surface area contributed by atoms with Crippen molar-refractivity contribution in [3.05, 3.63) is 35.9 Å². The number of aliphatic hydroxyl groups is 1. The molecule has 0 saturated carbocycles. The maximum Gasteiger partial charge on any atom is 0.408 e. The summed E-state index contributed by atoms with van der Waals surface area (Å²) in [6, 6.07) is 7.88. The van der Waals surface area contributed by atoms with E-state index in [1.165, 1.54) is 7.11 Å². The summed E-state index contributed by atoms with van der Waals surface area (Å²) in [4.78, 5) is 23.4. The van der Waals surface area contributed by atoms with E-state index in [9.17, 15) is 14.7 Å². The first-order chi connectivity index (χ1) is 10.0. The van der Waals surface area contributed by atoms with Crippen LogP contribution < -0.4 is 5.32 Å². The van der Waals surface area contributed by atoms with Gasteiger partial charge in [0.25, 0.3) is 0 Å². The summed E-state index contributed by atoms with van der Waals surface area (Å²) in [5.74, 6) is -0.752. The Morgan fingerprint density at radius 2 is 2.05 bits per heavy atom. The lowest BCUT2D eigenvalue weighted by atomic mass is 9.92. The molecule has 1 aromatic rings. The molecule has 1 amide bonds. The number of amides is 1. The van der Waals surface area contributed by atoms with Gasteiger partial charge in [0.1, 0.15) is 12.2 Å². The van der Waals surface area contributed by atoms with Gasteiger partial charge >= 0.3 is 12.1 Å². The van der Waals surface area contributed by atoms with Crippen molar-refractivity contribution in [2.24, 2.45) is 0 Å². The monoisotopic (exact) mass is 295 g/mol. The zero-order valence-electron chi connectivity index (χ0n) is 11.6. The Bertz CT molecular complexity index is 499. The number of hydrogen-bond donors (Lipinski definition) is 2. The van der Waals surface area contributed by atoms with E-state index < -0.39 is 23.7 Å². The first kappa shape index (κ1) is 15.3. The average molecular weight is 295 g/mol. The van der Waals surface area contributed by atoms with Gasteiger partial charge in [0.05, 0.1) is 20.3 Å². The molecule has 0 aromatic heterocycles. The van der Waals surface area contributed by atoms with Crippen LogP contribution in [0, 0.1) is 0 Å². The second-order valence-corrected chi connectivity index (χ2v) is 4.76. The van der Waals surface area contributed by atoms with Gasteiger partial charge in [-0.3, -0.25) is 0 Å². The van der Waals surface area contributed by atoms with Crippen molar-refractivity contribution in [3.8, 4) is 0 Å². The Labute approximate surface area is 121 Å². The van der Waals surface area contributed by atoms with Gasteiger partial charge in [-0.05, 0) is 5.56 Å². The number of esters is 1. The molecule has 0 bridgehead atoms. The normalized spacial score (nSPS) is 17.2. The molecule has 1 aliphatic rings. The molecule has 1 aliphatic heterocycles. The molecule has 1 aromatic carbocycles. The van der Waals surface area contributed by atoms with Crippen LogP contribution in [0.15, 0.2) is 30.3 Å². The molecule has 2 N–H and O–H groups in total. The first-order valence-electron chi connectivity index (χ1n) is 6.40. The van der Waals surface area contributed by atoms with Crippen LogP contribution in [-0.4, -0.2) is 49.1 Å². The lowest BCUT2D eigenvalue weighted by Gasteiger charge is -2.40. The summed E-state index contributed by atoms with van der Waals surface area (Å²) in [6.07, 6.45) is -0.811. The Morgan fingerprint density at radius 1 is 1.38 bits per heavy atom. The topological polar surface area (TPSA) is 94.1 Å². The molecule has 2 rings (SSSR count). The fourth-order valence-electron chi connectivity index (χ4n) is 1.89. The van der Waals surface area contributed by atoms with Crippen LogP contribution in [0.25, 0.3) is 0 Å². The van der Waals surface area contributed by atoms with Crippen LogP contribution in [0.5, 0.6) is 0 Å². The minimum Gasteiger partial charge on any atom is -0.467 e. The van der Waals surface area contributed by atoms with Gasteiger partial charge in [-0.15, -0.1) is 0 Å². The van der Waals surface area contributed by atoms with Gasteiger partial charge in [-0.25, -0.2) is 9.59 Å². The average Bonchev–Trinajstić information content (AvgIpc) is 2.48. The second-order valence-electron chi connectivity index (χ2n) is 4.76. The van der Waals surface area contributed by atoms with Crippen LogP contribution in [0.2, 0.25) is 0 Å². The van der Waals surface area contributed by atoms with Gasteiger partial charge in [0.15, 0.2) is 6.04 Å². The molecule has 7 heteroatoms. The Hall–Kier alpha value is -2.12. The predicted octanol–water partition coefficient (Wildman–Crippen LogP) is 0.216. The zero-order valence-corrected chi connectivity index (χ0v) is 11.6. The maximum atomic E-state index is 11.7. The second kappa shape index (κ2) is 6.55. The van der Waals surface area contributed by atoms with Gasteiger partial charge < -0.3 is 24.6 Å². The number of alkyl carbamates (subject to hydrolysis) is 1.